The lowest BCUT2D eigenvalue weighted by atomic mass is 9.97. The molecular weight excluding hydrogens is 335 g/mol. The van der Waals surface area contributed by atoms with Crippen LogP contribution in [0.25, 0.3) is 0 Å². The van der Waals surface area contributed by atoms with Gasteiger partial charge in [-0.2, -0.15) is 4.31 Å². The van der Waals surface area contributed by atoms with Crippen molar-refractivity contribution in [2.24, 2.45) is 5.73 Å². The number of nitrogens with zero attached hydrogens (tertiary/aromatic N) is 1. The Kier molecular flexibility index (Phi) is 4.54. The second-order valence-electron chi connectivity index (χ2n) is 5.15. The Morgan fingerprint density at radius 2 is 1.86 bits per heavy atom. The summed E-state index contributed by atoms with van der Waals surface area (Å²) in [5, 5.41) is 0.360. The number of rotatable bonds is 4. The minimum absolute atomic E-state index is 0.0203. The van der Waals surface area contributed by atoms with E-state index in [1.54, 1.807) is 0 Å². The zero-order chi connectivity index (χ0) is 15.8. The zero-order valence-electron chi connectivity index (χ0n) is 11.5. The summed E-state index contributed by atoms with van der Waals surface area (Å²) in [4.78, 5) is 11.8. The summed E-state index contributed by atoms with van der Waals surface area (Å²) in [5.74, 6) is -0.629. The highest BCUT2D eigenvalue weighted by Gasteiger charge is 2.48. The van der Waals surface area contributed by atoms with Crippen molar-refractivity contribution in [1.29, 1.82) is 0 Å². The molecule has 21 heavy (non-hydrogen) atoms. The first kappa shape index (κ1) is 16.5. The number of primary amides is 1. The fraction of sp³-hybridized carbons (Fsp3) is 0.462. The Morgan fingerprint density at radius 1 is 1.29 bits per heavy atom. The van der Waals surface area contributed by atoms with Crippen LogP contribution in [-0.4, -0.2) is 31.2 Å². The molecule has 1 aliphatic carbocycles. The van der Waals surface area contributed by atoms with Gasteiger partial charge in [-0.3, -0.25) is 4.79 Å². The van der Waals surface area contributed by atoms with Gasteiger partial charge >= 0.3 is 0 Å². The summed E-state index contributed by atoms with van der Waals surface area (Å²) < 4.78 is 26.6. The van der Waals surface area contributed by atoms with Gasteiger partial charge in [0.2, 0.25) is 15.9 Å². The number of carbonyl (C=O) groups is 1. The molecule has 0 aromatic heterocycles. The fourth-order valence-electron chi connectivity index (χ4n) is 2.74. The van der Waals surface area contributed by atoms with E-state index in [0.29, 0.717) is 17.9 Å². The Balaban J connectivity index is 2.50. The maximum absolute atomic E-state index is 12.8. The van der Waals surface area contributed by atoms with Gasteiger partial charge in [-0.15, -0.1) is 0 Å². The van der Waals surface area contributed by atoms with Crippen LogP contribution in [0.3, 0.4) is 0 Å². The molecule has 0 aliphatic heterocycles. The van der Waals surface area contributed by atoms with Crippen LogP contribution in [0.1, 0.15) is 25.7 Å². The Bertz CT molecular complexity index is 670. The summed E-state index contributed by atoms with van der Waals surface area (Å²) in [5.41, 5.74) is 4.29. The summed E-state index contributed by atoms with van der Waals surface area (Å²) >= 11 is 11.8. The average molecular weight is 351 g/mol. The minimum Gasteiger partial charge on any atom is -0.368 e. The van der Waals surface area contributed by atoms with Crippen LogP contribution in [0.15, 0.2) is 23.1 Å². The van der Waals surface area contributed by atoms with Gasteiger partial charge in [0.05, 0.1) is 5.02 Å². The van der Waals surface area contributed by atoms with Gasteiger partial charge in [-0.25, -0.2) is 8.42 Å². The second kappa shape index (κ2) is 5.76. The van der Waals surface area contributed by atoms with Crippen LogP contribution in [0.5, 0.6) is 0 Å². The number of carbonyl (C=O) groups excluding carboxylic acids is 1. The monoisotopic (exact) mass is 350 g/mol. The van der Waals surface area contributed by atoms with Crippen molar-refractivity contribution in [2.75, 3.05) is 7.05 Å². The van der Waals surface area contributed by atoms with E-state index in [-0.39, 0.29) is 9.92 Å². The van der Waals surface area contributed by atoms with Crippen molar-refractivity contribution in [1.82, 2.24) is 4.31 Å². The van der Waals surface area contributed by atoms with Crippen LogP contribution in [0.4, 0.5) is 0 Å². The number of amides is 1. The summed E-state index contributed by atoms with van der Waals surface area (Å²) in [6, 6.07) is 4.13. The lowest BCUT2D eigenvalue weighted by molar-refractivity contribution is -0.126. The molecule has 2 rings (SSSR count). The van der Waals surface area contributed by atoms with Gasteiger partial charge in [-0.05, 0) is 31.0 Å². The Morgan fingerprint density at radius 3 is 2.33 bits per heavy atom. The molecule has 0 radical (unpaired) electrons. The molecule has 5 nitrogen and oxygen atoms in total. The van der Waals surface area contributed by atoms with Crippen molar-refractivity contribution < 1.29 is 13.2 Å². The first-order valence-corrected chi connectivity index (χ1v) is 8.65. The predicted octanol–water partition coefficient (Wildman–Crippen LogP) is 2.41. The molecule has 1 saturated carbocycles. The van der Waals surface area contributed by atoms with E-state index in [4.69, 9.17) is 28.9 Å². The first-order chi connectivity index (χ1) is 9.71. The number of likely N-dealkylation sites (N-methyl/N-ethyl adjacent to an activating group) is 1. The molecule has 0 unspecified atom stereocenters. The van der Waals surface area contributed by atoms with E-state index in [2.05, 4.69) is 0 Å². The van der Waals surface area contributed by atoms with Gasteiger partial charge in [0.25, 0.3) is 0 Å². The summed E-state index contributed by atoms with van der Waals surface area (Å²) in [6.07, 6.45) is 2.36. The topological polar surface area (TPSA) is 80.5 Å². The molecule has 0 saturated heterocycles. The fourth-order valence-corrected chi connectivity index (χ4v) is 5.01. The van der Waals surface area contributed by atoms with Crippen molar-refractivity contribution in [2.45, 2.75) is 36.1 Å². The number of hydrogen-bond acceptors (Lipinski definition) is 3. The summed E-state index contributed by atoms with van der Waals surface area (Å²) in [7, 11) is -2.56. The molecule has 116 valence electrons. The highest BCUT2D eigenvalue weighted by atomic mass is 35.5. The van der Waals surface area contributed by atoms with E-state index in [9.17, 15) is 13.2 Å². The van der Waals surface area contributed by atoms with Crippen molar-refractivity contribution >= 4 is 39.1 Å². The smallest absolute Gasteiger partial charge is 0.245 e. The molecule has 1 amide bonds. The number of benzene rings is 1. The molecular formula is C13H16Cl2N2O3S. The lowest BCUT2D eigenvalue weighted by Gasteiger charge is -2.35. The van der Waals surface area contributed by atoms with E-state index in [1.807, 2.05) is 0 Å². The minimum atomic E-state index is -3.93. The van der Waals surface area contributed by atoms with Gasteiger partial charge in [-0.1, -0.05) is 36.0 Å². The van der Waals surface area contributed by atoms with Crippen molar-refractivity contribution in [3.05, 3.63) is 28.2 Å². The van der Waals surface area contributed by atoms with Crippen LogP contribution < -0.4 is 5.73 Å². The third kappa shape index (κ3) is 2.77. The highest BCUT2D eigenvalue weighted by molar-refractivity contribution is 7.89. The van der Waals surface area contributed by atoms with Crippen LogP contribution in [0.2, 0.25) is 10.0 Å². The van der Waals surface area contributed by atoms with Crippen molar-refractivity contribution in [3.8, 4) is 0 Å². The third-order valence-corrected chi connectivity index (χ3v) is 6.67. The van der Waals surface area contributed by atoms with E-state index < -0.39 is 21.5 Å². The number of nitrogens with two attached hydrogens (primary N) is 1. The standard InChI is InChI=1S/C13H16Cl2N2O3S/c1-17(13(12(16)18)6-2-3-7-13)21(19,20)11-5-4-9(14)8-10(11)15/h4-5,8H,2-3,6-7H2,1H3,(H2,16,18). The first-order valence-electron chi connectivity index (χ1n) is 6.46. The molecule has 0 heterocycles. The molecule has 1 aromatic rings. The lowest BCUT2D eigenvalue weighted by Crippen LogP contribution is -2.56. The summed E-state index contributed by atoms with van der Waals surface area (Å²) in [6.45, 7) is 0. The SMILES string of the molecule is CN(C1(C(N)=O)CCCC1)S(=O)(=O)c1ccc(Cl)cc1Cl. The zero-order valence-corrected chi connectivity index (χ0v) is 13.8. The molecule has 0 bridgehead atoms. The van der Waals surface area contributed by atoms with Crippen molar-refractivity contribution in [3.63, 3.8) is 0 Å². The largest absolute Gasteiger partial charge is 0.368 e. The maximum atomic E-state index is 12.8. The molecule has 1 fully saturated rings. The second-order valence-corrected chi connectivity index (χ2v) is 7.93. The van der Waals surface area contributed by atoms with E-state index >= 15 is 0 Å². The molecule has 0 atom stereocenters. The number of halogens is 2. The third-order valence-electron chi connectivity index (χ3n) is 4.02. The Labute approximate surface area is 134 Å². The molecule has 0 spiro atoms. The number of sulfonamides is 1. The van der Waals surface area contributed by atoms with Crippen LogP contribution >= 0.6 is 23.2 Å². The molecule has 2 N–H and O–H groups in total. The van der Waals surface area contributed by atoms with E-state index in [1.165, 1.54) is 25.2 Å². The molecule has 1 aromatic carbocycles. The van der Waals surface area contributed by atoms with Crippen LogP contribution in [-0.2, 0) is 14.8 Å². The number of hydrogen-bond donors (Lipinski definition) is 1. The highest BCUT2D eigenvalue weighted by Crippen LogP contribution is 2.38. The maximum Gasteiger partial charge on any atom is 0.245 e. The van der Waals surface area contributed by atoms with Gasteiger partial charge in [0.15, 0.2) is 0 Å². The normalized spacial score (nSPS) is 18.1. The average Bonchev–Trinajstić information content (AvgIpc) is 2.87. The predicted molar refractivity (Wildman–Crippen MR) is 81.8 cm³/mol. The quantitative estimate of drug-likeness (QED) is 0.905. The van der Waals surface area contributed by atoms with Crippen LogP contribution in [0, 0.1) is 0 Å². The van der Waals surface area contributed by atoms with Gasteiger partial charge < -0.3 is 5.73 Å². The molecule has 8 heteroatoms. The van der Waals surface area contributed by atoms with Gasteiger partial charge in [0.1, 0.15) is 10.4 Å². The van der Waals surface area contributed by atoms with Gasteiger partial charge in [0, 0.05) is 12.1 Å². The molecule has 1 aliphatic rings. The Hall–Kier alpha value is -0.820. The van der Waals surface area contributed by atoms with E-state index in [0.717, 1.165) is 17.1 Å².